The van der Waals surface area contributed by atoms with Gasteiger partial charge < -0.3 is 9.90 Å². The van der Waals surface area contributed by atoms with Crippen LogP contribution in [0.5, 0.6) is 0 Å². The van der Waals surface area contributed by atoms with Crippen LogP contribution < -0.4 is 5.11 Å². The maximum atomic E-state index is 11.1. The van der Waals surface area contributed by atoms with E-state index < -0.39 is 5.97 Å². The van der Waals surface area contributed by atoms with Gasteiger partial charge in [0.05, 0.1) is 11.7 Å². The van der Waals surface area contributed by atoms with Crippen LogP contribution in [0.25, 0.3) is 10.8 Å². The number of aliphatic imine (C=N–C) groups is 1. The van der Waals surface area contributed by atoms with Crippen molar-refractivity contribution in [1.82, 2.24) is 0 Å². The van der Waals surface area contributed by atoms with E-state index in [0.29, 0.717) is 5.69 Å². The zero-order valence-corrected chi connectivity index (χ0v) is 11.2. The standard InChI is InChI=1S/C18H13NO2/c20-18(21)16-10-3-4-11-17(16)19-12-14-8-5-7-13-6-1-2-9-15(13)14/h1-12H,(H,20,21)/p-1. The first-order valence-corrected chi connectivity index (χ1v) is 6.58. The van der Waals surface area contributed by atoms with Crippen molar-refractivity contribution in [2.75, 3.05) is 0 Å². The van der Waals surface area contributed by atoms with Gasteiger partial charge in [-0.3, -0.25) is 4.99 Å². The molecule has 0 radical (unpaired) electrons. The van der Waals surface area contributed by atoms with Crippen LogP contribution in [0.3, 0.4) is 0 Å². The summed E-state index contributed by atoms with van der Waals surface area (Å²) in [6.45, 7) is 0. The highest BCUT2D eigenvalue weighted by atomic mass is 16.4. The molecule has 0 N–H and O–H groups in total. The molecule has 0 amide bonds. The number of benzene rings is 3. The molecule has 0 aromatic heterocycles. The molecule has 0 aliphatic rings. The quantitative estimate of drug-likeness (QED) is 0.689. The predicted molar refractivity (Wildman–Crippen MR) is 82.0 cm³/mol. The monoisotopic (exact) mass is 274 g/mol. The highest BCUT2D eigenvalue weighted by Crippen LogP contribution is 2.20. The zero-order valence-electron chi connectivity index (χ0n) is 11.2. The number of fused-ring (bicyclic) bond motifs is 1. The second-order valence-corrected chi connectivity index (χ2v) is 4.63. The minimum Gasteiger partial charge on any atom is -0.545 e. The molecule has 0 heterocycles. The van der Waals surface area contributed by atoms with Crippen LogP contribution in [0.1, 0.15) is 15.9 Å². The van der Waals surface area contributed by atoms with Gasteiger partial charge in [0.2, 0.25) is 0 Å². The summed E-state index contributed by atoms with van der Waals surface area (Å²) in [5, 5.41) is 13.3. The SMILES string of the molecule is O=C([O-])c1ccccc1N=Cc1cccc2ccccc12. The summed E-state index contributed by atoms with van der Waals surface area (Å²) in [4.78, 5) is 15.4. The second-order valence-electron chi connectivity index (χ2n) is 4.63. The highest BCUT2D eigenvalue weighted by molar-refractivity contribution is 6.01. The summed E-state index contributed by atoms with van der Waals surface area (Å²) >= 11 is 0. The largest absolute Gasteiger partial charge is 0.545 e. The number of para-hydroxylation sites is 1. The van der Waals surface area contributed by atoms with Crippen molar-refractivity contribution >= 4 is 28.6 Å². The molecule has 0 unspecified atom stereocenters. The van der Waals surface area contributed by atoms with E-state index in [2.05, 4.69) is 4.99 Å². The van der Waals surface area contributed by atoms with Gasteiger partial charge in [0, 0.05) is 17.3 Å². The van der Waals surface area contributed by atoms with Gasteiger partial charge in [-0.25, -0.2) is 0 Å². The normalized spacial score (nSPS) is 11.0. The van der Waals surface area contributed by atoms with Crippen LogP contribution in [0.2, 0.25) is 0 Å². The summed E-state index contributed by atoms with van der Waals surface area (Å²) in [5.74, 6) is -1.22. The molecule has 0 fully saturated rings. The molecule has 102 valence electrons. The molecule has 3 rings (SSSR count). The number of carbonyl (C=O) groups excluding carboxylic acids is 1. The summed E-state index contributed by atoms with van der Waals surface area (Å²) < 4.78 is 0. The summed E-state index contributed by atoms with van der Waals surface area (Å²) in [6, 6.07) is 20.5. The molecule has 0 atom stereocenters. The molecule has 3 aromatic rings. The number of rotatable bonds is 3. The lowest BCUT2D eigenvalue weighted by molar-refractivity contribution is -0.254. The summed E-state index contributed by atoms with van der Waals surface area (Å²) in [7, 11) is 0. The summed E-state index contributed by atoms with van der Waals surface area (Å²) in [5.41, 5.74) is 1.43. The Labute approximate surface area is 122 Å². The van der Waals surface area contributed by atoms with Crippen molar-refractivity contribution in [1.29, 1.82) is 0 Å². The Kier molecular flexibility index (Phi) is 3.48. The third-order valence-corrected chi connectivity index (χ3v) is 3.29. The van der Waals surface area contributed by atoms with Gasteiger partial charge in [-0.15, -0.1) is 0 Å². The van der Waals surface area contributed by atoms with Crippen molar-refractivity contribution in [3.05, 3.63) is 77.9 Å². The van der Waals surface area contributed by atoms with Crippen LogP contribution in [0.4, 0.5) is 5.69 Å². The highest BCUT2D eigenvalue weighted by Gasteiger charge is 2.01. The molecule has 0 bridgehead atoms. The van der Waals surface area contributed by atoms with E-state index in [9.17, 15) is 9.90 Å². The van der Waals surface area contributed by atoms with E-state index in [-0.39, 0.29) is 5.56 Å². The zero-order chi connectivity index (χ0) is 14.7. The second kappa shape index (κ2) is 5.59. The average Bonchev–Trinajstić information content (AvgIpc) is 2.53. The molecule has 21 heavy (non-hydrogen) atoms. The lowest BCUT2D eigenvalue weighted by Gasteiger charge is -2.06. The lowest BCUT2D eigenvalue weighted by Crippen LogP contribution is -2.22. The minimum atomic E-state index is -1.22. The van der Waals surface area contributed by atoms with Gasteiger partial charge in [-0.2, -0.15) is 0 Å². The van der Waals surface area contributed by atoms with Crippen LogP contribution in [-0.4, -0.2) is 12.2 Å². The molecule has 0 spiro atoms. The number of carboxylic acids is 1. The Morgan fingerprint density at radius 1 is 0.905 bits per heavy atom. The molecule has 0 saturated carbocycles. The first kappa shape index (κ1) is 13.1. The number of carboxylic acid groups (broad SMARTS) is 1. The van der Waals surface area contributed by atoms with Gasteiger partial charge in [-0.05, 0) is 16.8 Å². The van der Waals surface area contributed by atoms with Crippen molar-refractivity contribution < 1.29 is 9.90 Å². The number of aromatic carboxylic acids is 1. The van der Waals surface area contributed by atoms with Crippen molar-refractivity contribution in [3.63, 3.8) is 0 Å². The van der Waals surface area contributed by atoms with E-state index >= 15 is 0 Å². The topological polar surface area (TPSA) is 52.5 Å². The van der Waals surface area contributed by atoms with Crippen LogP contribution in [0.15, 0.2) is 71.7 Å². The number of nitrogens with zero attached hydrogens (tertiary/aromatic N) is 1. The lowest BCUT2D eigenvalue weighted by atomic mass is 10.1. The minimum absolute atomic E-state index is 0.0917. The molecule has 0 aliphatic heterocycles. The summed E-state index contributed by atoms with van der Waals surface area (Å²) in [6.07, 6.45) is 1.68. The molecule has 0 aliphatic carbocycles. The maximum absolute atomic E-state index is 11.1. The van der Waals surface area contributed by atoms with Crippen LogP contribution in [0, 0.1) is 0 Å². The van der Waals surface area contributed by atoms with Gasteiger partial charge in [-0.1, -0.05) is 60.7 Å². The van der Waals surface area contributed by atoms with Crippen molar-refractivity contribution in [3.8, 4) is 0 Å². The number of hydrogen-bond acceptors (Lipinski definition) is 3. The molecular formula is C18H12NO2-. The average molecular weight is 274 g/mol. The number of hydrogen-bond donors (Lipinski definition) is 0. The number of carbonyl (C=O) groups is 1. The van der Waals surface area contributed by atoms with E-state index in [1.165, 1.54) is 6.07 Å². The molecular weight excluding hydrogens is 262 g/mol. The van der Waals surface area contributed by atoms with Crippen LogP contribution in [-0.2, 0) is 0 Å². The van der Waals surface area contributed by atoms with Crippen molar-refractivity contribution in [2.45, 2.75) is 0 Å². The van der Waals surface area contributed by atoms with Gasteiger partial charge in [0.25, 0.3) is 0 Å². The smallest absolute Gasteiger partial charge is 0.0737 e. The molecule has 3 heteroatoms. The van der Waals surface area contributed by atoms with Gasteiger partial charge in [0.15, 0.2) is 0 Å². The Morgan fingerprint density at radius 2 is 1.62 bits per heavy atom. The molecule has 0 saturated heterocycles. The fourth-order valence-electron chi connectivity index (χ4n) is 2.26. The predicted octanol–water partition coefficient (Wildman–Crippen LogP) is 2.95. The molecule has 3 nitrogen and oxygen atoms in total. The van der Waals surface area contributed by atoms with E-state index in [4.69, 9.17) is 0 Å². The molecule has 3 aromatic carbocycles. The Morgan fingerprint density at radius 3 is 2.48 bits per heavy atom. The van der Waals surface area contributed by atoms with Crippen molar-refractivity contribution in [2.24, 2.45) is 4.99 Å². The Balaban J connectivity index is 2.05. The third-order valence-electron chi connectivity index (χ3n) is 3.29. The Hall–Kier alpha value is -2.94. The van der Waals surface area contributed by atoms with Gasteiger partial charge in [0.1, 0.15) is 0 Å². The maximum Gasteiger partial charge on any atom is 0.0737 e. The first-order valence-electron chi connectivity index (χ1n) is 6.58. The van der Waals surface area contributed by atoms with Crippen LogP contribution >= 0.6 is 0 Å². The van der Waals surface area contributed by atoms with E-state index in [1.807, 2.05) is 42.5 Å². The first-order chi connectivity index (χ1) is 10.3. The van der Waals surface area contributed by atoms with E-state index in [1.54, 1.807) is 24.4 Å². The van der Waals surface area contributed by atoms with Gasteiger partial charge >= 0.3 is 0 Å². The van der Waals surface area contributed by atoms with E-state index in [0.717, 1.165) is 16.3 Å². The fraction of sp³-hybridized carbons (Fsp3) is 0. The fourth-order valence-corrected chi connectivity index (χ4v) is 2.26. The third kappa shape index (κ3) is 2.67. The Bertz CT molecular complexity index is 832.